The summed E-state index contributed by atoms with van der Waals surface area (Å²) in [5.74, 6) is -0.171. The van der Waals surface area contributed by atoms with Crippen LogP contribution in [0.25, 0.3) is 6.08 Å². The molecule has 37 heavy (non-hydrogen) atoms. The lowest BCUT2D eigenvalue weighted by atomic mass is 10.1. The smallest absolute Gasteiger partial charge is 0.410 e. The van der Waals surface area contributed by atoms with Crippen LogP contribution in [0.2, 0.25) is 0 Å². The van der Waals surface area contributed by atoms with Crippen molar-refractivity contribution in [2.45, 2.75) is 0 Å². The van der Waals surface area contributed by atoms with Crippen LogP contribution in [0.15, 0.2) is 48.5 Å². The van der Waals surface area contributed by atoms with E-state index in [2.05, 4.69) is 0 Å². The normalized spacial score (nSPS) is 15.9. The Balaban J connectivity index is 1.53. The molecule has 2 aromatic carbocycles. The second kappa shape index (κ2) is 12.4. The van der Waals surface area contributed by atoms with Gasteiger partial charge in [0.15, 0.2) is 5.78 Å². The van der Waals surface area contributed by atoms with Crippen molar-refractivity contribution in [3.05, 3.63) is 59.7 Å². The molecule has 0 unspecified atom stereocenters. The van der Waals surface area contributed by atoms with Gasteiger partial charge in [0.2, 0.25) is 0 Å². The summed E-state index contributed by atoms with van der Waals surface area (Å²) in [6.07, 6.45) is 1.99. The number of ketones is 1. The highest BCUT2D eigenvalue weighted by molar-refractivity contribution is 6.09. The van der Waals surface area contributed by atoms with Gasteiger partial charge in [-0.15, -0.1) is 0 Å². The topological polar surface area (TPSA) is 97.8 Å². The van der Waals surface area contributed by atoms with Gasteiger partial charge in [-0.2, -0.15) is 0 Å². The maximum atomic E-state index is 13.1. The van der Waals surface area contributed by atoms with Crippen LogP contribution in [0, 0.1) is 0 Å². The molecular weight excluding hydrogens is 478 g/mol. The molecule has 0 aliphatic carbocycles. The standard InChI is InChI=1S/C27H31N3O7/c1-28(2)21-6-3-20(4-7-21)5-10-24(31)23-9-8-22(36-26(32)29-11-15-34-16-12-29)19-25(23)37-27(33)30-13-17-35-18-14-30/h3-10,19H,11-18H2,1-2H3/b10-5+. The molecule has 2 heterocycles. The third kappa shape index (κ3) is 7.08. The van der Waals surface area contributed by atoms with Crippen LogP contribution in [0.5, 0.6) is 11.5 Å². The minimum absolute atomic E-state index is 0.0152. The van der Waals surface area contributed by atoms with Crippen molar-refractivity contribution >= 4 is 29.7 Å². The summed E-state index contributed by atoms with van der Waals surface area (Å²) >= 11 is 0. The largest absolute Gasteiger partial charge is 0.415 e. The monoisotopic (exact) mass is 509 g/mol. The number of nitrogens with zero attached hydrogens (tertiary/aromatic N) is 3. The molecule has 10 heteroatoms. The van der Waals surface area contributed by atoms with Crippen LogP contribution in [0.1, 0.15) is 15.9 Å². The van der Waals surface area contributed by atoms with Crippen molar-refractivity contribution < 1.29 is 33.3 Å². The Morgan fingerprint density at radius 2 is 1.38 bits per heavy atom. The van der Waals surface area contributed by atoms with Gasteiger partial charge in [-0.25, -0.2) is 9.59 Å². The molecule has 0 aromatic heterocycles. The predicted octanol–water partition coefficient (Wildman–Crippen LogP) is 3.31. The van der Waals surface area contributed by atoms with Gasteiger partial charge in [0.25, 0.3) is 0 Å². The van der Waals surface area contributed by atoms with E-state index in [0.717, 1.165) is 11.3 Å². The Morgan fingerprint density at radius 1 is 0.811 bits per heavy atom. The Labute approximate surface area is 215 Å². The first-order valence-corrected chi connectivity index (χ1v) is 12.1. The third-order valence-corrected chi connectivity index (χ3v) is 6.00. The van der Waals surface area contributed by atoms with Gasteiger partial charge in [0.1, 0.15) is 11.5 Å². The summed E-state index contributed by atoms with van der Waals surface area (Å²) in [5, 5.41) is 0. The number of anilines is 1. The SMILES string of the molecule is CN(C)c1ccc(/C=C/C(=O)c2ccc(OC(=O)N3CCOCC3)cc2OC(=O)N2CCOCC2)cc1. The van der Waals surface area contributed by atoms with Crippen LogP contribution in [-0.2, 0) is 9.47 Å². The number of ether oxygens (including phenoxy) is 4. The van der Waals surface area contributed by atoms with Gasteiger partial charge < -0.3 is 33.6 Å². The molecule has 0 spiro atoms. The molecule has 4 rings (SSSR count). The fourth-order valence-electron chi connectivity index (χ4n) is 3.82. The minimum Gasteiger partial charge on any atom is -0.410 e. The lowest BCUT2D eigenvalue weighted by Crippen LogP contribution is -2.42. The Kier molecular flexibility index (Phi) is 8.76. The fourth-order valence-corrected chi connectivity index (χ4v) is 3.82. The molecule has 0 atom stereocenters. The number of hydrogen-bond donors (Lipinski definition) is 0. The lowest BCUT2D eigenvalue weighted by molar-refractivity contribution is 0.0409. The van der Waals surface area contributed by atoms with E-state index in [1.807, 2.05) is 43.3 Å². The summed E-state index contributed by atoms with van der Waals surface area (Å²) in [4.78, 5) is 43.4. The molecule has 2 fully saturated rings. The second-order valence-corrected chi connectivity index (χ2v) is 8.78. The minimum atomic E-state index is -0.600. The first kappa shape index (κ1) is 26.2. The van der Waals surface area contributed by atoms with Crippen molar-refractivity contribution in [3.63, 3.8) is 0 Å². The van der Waals surface area contributed by atoms with E-state index in [1.165, 1.54) is 34.1 Å². The average molecular weight is 510 g/mol. The number of benzene rings is 2. The van der Waals surface area contributed by atoms with Gasteiger partial charge in [0, 0.05) is 52.0 Å². The number of amides is 2. The predicted molar refractivity (Wildman–Crippen MR) is 137 cm³/mol. The van der Waals surface area contributed by atoms with Crippen LogP contribution in [0.4, 0.5) is 15.3 Å². The average Bonchev–Trinajstić information content (AvgIpc) is 2.93. The molecule has 196 valence electrons. The van der Waals surface area contributed by atoms with Crippen molar-refractivity contribution in [2.75, 3.05) is 71.6 Å². The van der Waals surface area contributed by atoms with Crippen molar-refractivity contribution in [2.24, 2.45) is 0 Å². The van der Waals surface area contributed by atoms with Crippen LogP contribution in [-0.4, -0.2) is 94.5 Å². The highest BCUT2D eigenvalue weighted by Crippen LogP contribution is 2.27. The quantitative estimate of drug-likeness (QED) is 0.432. The van der Waals surface area contributed by atoms with E-state index in [0.29, 0.717) is 52.6 Å². The first-order valence-electron chi connectivity index (χ1n) is 12.1. The molecule has 2 aliphatic rings. The number of morpholine rings is 2. The van der Waals surface area contributed by atoms with Gasteiger partial charge in [-0.05, 0) is 35.9 Å². The van der Waals surface area contributed by atoms with Crippen molar-refractivity contribution in [1.82, 2.24) is 9.80 Å². The summed E-state index contributed by atoms with van der Waals surface area (Å²) in [6.45, 7) is 3.32. The van der Waals surface area contributed by atoms with E-state index in [1.54, 1.807) is 6.08 Å². The number of carbonyl (C=O) groups excluding carboxylic acids is 3. The van der Waals surface area contributed by atoms with E-state index < -0.39 is 12.2 Å². The Hall–Kier alpha value is -3.89. The molecular formula is C27H31N3O7. The highest BCUT2D eigenvalue weighted by atomic mass is 16.6. The Morgan fingerprint density at radius 3 is 1.95 bits per heavy atom. The number of carbonyl (C=O) groups is 3. The zero-order valence-corrected chi connectivity index (χ0v) is 21.1. The molecule has 0 bridgehead atoms. The molecule has 2 saturated heterocycles. The first-order chi connectivity index (χ1) is 17.9. The molecule has 2 aromatic rings. The summed E-state index contributed by atoms with van der Waals surface area (Å²) in [7, 11) is 3.91. The van der Waals surface area contributed by atoms with Crippen molar-refractivity contribution in [1.29, 1.82) is 0 Å². The second-order valence-electron chi connectivity index (χ2n) is 8.78. The molecule has 2 amide bonds. The maximum absolute atomic E-state index is 13.1. The molecule has 0 N–H and O–H groups in total. The molecule has 2 aliphatic heterocycles. The van der Waals surface area contributed by atoms with Gasteiger partial charge in [-0.1, -0.05) is 18.2 Å². The van der Waals surface area contributed by atoms with E-state index in [9.17, 15) is 14.4 Å². The number of hydrogen-bond acceptors (Lipinski definition) is 8. The van der Waals surface area contributed by atoms with Crippen LogP contribution in [0.3, 0.4) is 0 Å². The van der Waals surface area contributed by atoms with Gasteiger partial charge >= 0.3 is 12.2 Å². The number of allylic oxidation sites excluding steroid dienone is 1. The molecule has 0 radical (unpaired) electrons. The van der Waals surface area contributed by atoms with E-state index >= 15 is 0 Å². The number of rotatable bonds is 6. The van der Waals surface area contributed by atoms with Crippen molar-refractivity contribution in [3.8, 4) is 11.5 Å². The summed E-state index contributed by atoms with van der Waals surface area (Å²) in [5.41, 5.74) is 2.07. The maximum Gasteiger partial charge on any atom is 0.415 e. The molecule has 10 nitrogen and oxygen atoms in total. The Bertz CT molecular complexity index is 1140. The van der Waals surface area contributed by atoms with Gasteiger partial charge in [-0.3, -0.25) is 4.79 Å². The third-order valence-electron chi connectivity index (χ3n) is 6.00. The van der Waals surface area contributed by atoms with E-state index in [4.69, 9.17) is 18.9 Å². The van der Waals surface area contributed by atoms with Crippen LogP contribution >= 0.6 is 0 Å². The fraction of sp³-hybridized carbons (Fsp3) is 0.370. The zero-order chi connectivity index (χ0) is 26.2. The summed E-state index contributed by atoms with van der Waals surface area (Å²) < 4.78 is 21.7. The highest BCUT2D eigenvalue weighted by Gasteiger charge is 2.23. The zero-order valence-electron chi connectivity index (χ0n) is 21.1. The van der Waals surface area contributed by atoms with Crippen LogP contribution < -0.4 is 14.4 Å². The van der Waals surface area contributed by atoms with E-state index in [-0.39, 0.29) is 22.8 Å². The lowest BCUT2D eigenvalue weighted by Gasteiger charge is -2.26. The molecule has 0 saturated carbocycles. The summed E-state index contributed by atoms with van der Waals surface area (Å²) in [6, 6.07) is 12.1. The van der Waals surface area contributed by atoms with Gasteiger partial charge in [0.05, 0.1) is 32.0 Å².